The van der Waals surface area contributed by atoms with E-state index in [4.69, 9.17) is 4.74 Å². The summed E-state index contributed by atoms with van der Waals surface area (Å²) in [5.74, 6) is 0.0459. The zero-order valence-electron chi connectivity index (χ0n) is 18.4. The second kappa shape index (κ2) is 8.31. The van der Waals surface area contributed by atoms with Crippen LogP contribution in [0.4, 0.5) is 5.69 Å². The van der Waals surface area contributed by atoms with Crippen LogP contribution in [0.25, 0.3) is 10.9 Å². The Labute approximate surface area is 185 Å². The molecule has 168 valence electrons. The normalized spacial score (nSPS) is 17.0. The average molecular weight is 437 g/mol. The largest absolute Gasteiger partial charge is 0.496 e. The summed E-state index contributed by atoms with van der Waals surface area (Å²) in [6, 6.07) is 7.75. The number of ether oxygens (including phenoxy) is 1. The lowest BCUT2D eigenvalue weighted by atomic mass is 10.1. The van der Waals surface area contributed by atoms with Gasteiger partial charge in [-0.2, -0.15) is 9.89 Å². The van der Waals surface area contributed by atoms with Crippen LogP contribution >= 0.6 is 0 Å². The van der Waals surface area contributed by atoms with Crippen molar-refractivity contribution < 1.29 is 9.53 Å². The van der Waals surface area contributed by atoms with Crippen molar-refractivity contribution in [2.24, 2.45) is 0 Å². The number of carbonyl (C=O) groups excluding carboxylic acids is 1. The molecule has 1 aromatic carbocycles. The quantitative estimate of drug-likeness (QED) is 0.615. The lowest BCUT2D eigenvalue weighted by Crippen LogP contribution is -2.46. The van der Waals surface area contributed by atoms with Gasteiger partial charge < -0.3 is 19.9 Å². The van der Waals surface area contributed by atoms with Crippen LogP contribution in [0.3, 0.4) is 0 Å². The highest BCUT2D eigenvalue weighted by Crippen LogP contribution is 2.33. The Hall–Kier alpha value is -3.33. The Bertz CT molecular complexity index is 1200. The van der Waals surface area contributed by atoms with Gasteiger partial charge in [0.2, 0.25) is 0 Å². The summed E-state index contributed by atoms with van der Waals surface area (Å²) in [5.41, 5.74) is 1.22. The second-order valence-corrected chi connectivity index (χ2v) is 8.50. The van der Waals surface area contributed by atoms with E-state index in [-0.39, 0.29) is 23.2 Å². The maximum atomic E-state index is 13.1. The number of rotatable bonds is 6. The lowest BCUT2D eigenvalue weighted by molar-refractivity contribution is 0.102. The number of piperidine rings is 1. The van der Waals surface area contributed by atoms with Crippen molar-refractivity contribution in [3.8, 4) is 5.75 Å². The van der Waals surface area contributed by atoms with Gasteiger partial charge in [0, 0.05) is 42.8 Å². The van der Waals surface area contributed by atoms with Gasteiger partial charge in [-0.15, -0.1) is 0 Å². The van der Waals surface area contributed by atoms with Gasteiger partial charge in [-0.25, -0.2) is 0 Å². The molecule has 5 rings (SSSR count). The summed E-state index contributed by atoms with van der Waals surface area (Å²) in [7, 11) is 3.53. The molecule has 1 saturated carbocycles. The summed E-state index contributed by atoms with van der Waals surface area (Å²) < 4.78 is 7.17. The molecule has 9 nitrogen and oxygen atoms in total. The van der Waals surface area contributed by atoms with Gasteiger partial charge in [0.25, 0.3) is 11.5 Å². The van der Waals surface area contributed by atoms with E-state index in [1.165, 1.54) is 7.11 Å². The van der Waals surface area contributed by atoms with E-state index >= 15 is 0 Å². The minimum Gasteiger partial charge on any atom is -0.496 e. The molecular formula is C23H28N6O3. The molecule has 32 heavy (non-hydrogen) atoms. The number of anilines is 1. The predicted octanol–water partition coefficient (Wildman–Crippen LogP) is 2.11. The van der Waals surface area contributed by atoms with Crippen LogP contribution in [0.5, 0.6) is 5.75 Å². The molecular weight excluding hydrogens is 408 g/mol. The number of pyridine rings is 1. The molecule has 3 aromatic rings. The molecule has 2 aliphatic rings. The number of nitrogens with zero attached hydrogens (tertiary/aromatic N) is 4. The molecule has 2 N–H and O–H groups in total. The van der Waals surface area contributed by atoms with Crippen molar-refractivity contribution in [1.82, 2.24) is 19.8 Å². The molecule has 9 heteroatoms. The van der Waals surface area contributed by atoms with Gasteiger partial charge in [0.15, 0.2) is 0 Å². The van der Waals surface area contributed by atoms with Crippen molar-refractivity contribution in [3.05, 3.63) is 52.6 Å². The van der Waals surface area contributed by atoms with E-state index < -0.39 is 0 Å². The topological polar surface area (TPSA) is 93.4 Å². The highest BCUT2D eigenvalue weighted by atomic mass is 16.5. The summed E-state index contributed by atoms with van der Waals surface area (Å²) >= 11 is 0. The van der Waals surface area contributed by atoms with Crippen LogP contribution in [0.15, 0.2) is 41.5 Å². The van der Waals surface area contributed by atoms with Crippen molar-refractivity contribution in [3.63, 3.8) is 0 Å². The maximum absolute atomic E-state index is 13.1. The van der Waals surface area contributed by atoms with Gasteiger partial charge in [0.05, 0.1) is 24.4 Å². The Morgan fingerprint density at radius 2 is 1.97 bits per heavy atom. The first-order valence-electron chi connectivity index (χ1n) is 11.1. The summed E-state index contributed by atoms with van der Waals surface area (Å²) in [6.45, 7) is 1.82. The summed E-state index contributed by atoms with van der Waals surface area (Å²) in [6.07, 6.45) is 7.82. The van der Waals surface area contributed by atoms with Crippen LogP contribution < -0.4 is 25.9 Å². The minimum absolute atomic E-state index is 0.179. The number of benzene rings is 1. The fourth-order valence-electron chi connectivity index (χ4n) is 4.33. The lowest BCUT2D eigenvalue weighted by Gasteiger charge is -2.32. The number of hydrogen-bond acceptors (Lipinski definition) is 6. The van der Waals surface area contributed by atoms with E-state index in [2.05, 4.69) is 20.7 Å². The van der Waals surface area contributed by atoms with Crippen LogP contribution in [0.1, 0.15) is 42.1 Å². The number of amides is 1. The Balaban J connectivity index is 1.41. The average Bonchev–Trinajstić information content (AvgIpc) is 3.57. The highest BCUT2D eigenvalue weighted by molar-refractivity contribution is 6.08. The molecule has 3 heterocycles. The number of aromatic nitrogens is 3. The number of nitrogens with one attached hydrogen (secondary N) is 2. The van der Waals surface area contributed by atoms with Gasteiger partial charge in [-0.05, 0) is 50.9 Å². The smallest absolute Gasteiger partial charge is 0.274 e. The first-order valence-corrected chi connectivity index (χ1v) is 11.1. The van der Waals surface area contributed by atoms with Crippen LogP contribution in [-0.4, -0.2) is 53.7 Å². The summed E-state index contributed by atoms with van der Waals surface area (Å²) in [4.78, 5) is 27.6. The van der Waals surface area contributed by atoms with Gasteiger partial charge >= 0.3 is 0 Å². The second-order valence-electron chi connectivity index (χ2n) is 8.50. The molecule has 2 aromatic heterocycles. The zero-order chi connectivity index (χ0) is 22.2. The van der Waals surface area contributed by atoms with Crippen LogP contribution in [0.2, 0.25) is 0 Å². The Morgan fingerprint density at radius 1 is 1.19 bits per heavy atom. The monoisotopic (exact) mass is 436 g/mol. The van der Waals surface area contributed by atoms with E-state index in [0.717, 1.165) is 49.7 Å². The first kappa shape index (κ1) is 20.6. The van der Waals surface area contributed by atoms with Crippen LogP contribution in [0, 0.1) is 0 Å². The van der Waals surface area contributed by atoms with Crippen molar-refractivity contribution in [2.45, 2.75) is 37.8 Å². The van der Waals surface area contributed by atoms with E-state index in [1.54, 1.807) is 35.0 Å². The third kappa shape index (κ3) is 3.84. The highest BCUT2D eigenvalue weighted by Gasteiger charge is 2.26. The van der Waals surface area contributed by atoms with Gasteiger partial charge in [-0.1, -0.05) is 0 Å². The fraction of sp³-hybridized carbons (Fsp3) is 0.435. The Kier molecular flexibility index (Phi) is 5.34. The summed E-state index contributed by atoms with van der Waals surface area (Å²) in [5, 5.41) is 13.8. The van der Waals surface area contributed by atoms with Gasteiger partial charge in [-0.3, -0.25) is 14.6 Å². The standard InChI is InChI=1S/C23H28N6O3/c1-24-16-7-10-27(11-8-16)29-14-15-12-18(21(32-2)13-20(15)26-29)22(30)25-19-4-3-9-28(23(19)31)17-5-6-17/h3-4,9,12-14,16-17,24H,5-8,10-11H2,1-2H3,(H,25,30). The maximum Gasteiger partial charge on any atom is 0.274 e. The molecule has 0 bridgehead atoms. The van der Waals surface area contributed by atoms with Crippen molar-refractivity contribution in [2.75, 3.05) is 37.6 Å². The van der Waals surface area contributed by atoms with E-state index in [9.17, 15) is 9.59 Å². The third-order valence-electron chi connectivity index (χ3n) is 6.39. The molecule has 0 unspecified atom stereocenters. The SMILES string of the molecule is CNC1CCN(n2cc3cc(C(=O)Nc4cccn(C5CC5)c4=O)c(OC)cc3n2)CC1. The fourth-order valence-corrected chi connectivity index (χ4v) is 4.33. The Morgan fingerprint density at radius 3 is 2.66 bits per heavy atom. The number of carbonyl (C=O) groups is 1. The number of methoxy groups -OCH3 is 1. The van der Waals surface area contributed by atoms with Gasteiger partial charge in [0.1, 0.15) is 11.4 Å². The van der Waals surface area contributed by atoms with Crippen molar-refractivity contribution in [1.29, 1.82) is 0 Å². The minimum atomic E-state index is -0.378. The van der Waals surface area contributed by atoms with Crippen molar-refractivity contribution >= 4 is 22.5 Å². The molecule has 1 saturated heterocycles. The van der Waals surface area contributed by atoms with E-state index in [0.29, 0.717) is 17.4 Å². The molecule has 0 atom stereocenters. The zero-order valence-corrected chi connectivity index (χ0v) is 18.4. The number of fused-ring (bicyclic) bond motifs is 1. The van der Waals surface area contributed by atoms with Crippen LogP contribution in [-0.2, 0) is 0 Å². The molecule has 1 aliphatic heterocycles. The van der Waals surface area contributed by atoms with E-state index in [1.807, 2.05) is 18.0 Å². The number of hydrogen-bond donors (Lipinski definition) is 2. The predicted molar refractivity (Wildman–Crippen MR) is 123 cm³/mol. The third-order valence-corrected chi connectivity index (χ3v) is 6.39. The first-order chi connectivity index (χ1) is 15.6. The molecule has 2 fully saturated rings. The molecule has 1 aliphatic carbocycles. The molecule has 0 spiro atoms. The molecule has 1 amide bonds. The molecule has 0 radical (unpaired) electrons.